The lowest BCUT2D eigenvalue weighted by molar-refractivity contribution is -0.115. The summed E-state index contributed by atoms with van der Waals surface area (Å²) in [5.41, 5.74) is 2.54. The average molecular weight is 477 g/mol. The van der Waals surface area contributed by atoms with E-state index in [9.17, 15) is 14.0 Å². The summed E-state index contributed by atoms with van der Waals surface area (Å²) in [6, 6.07) is 20.5. The van der Waals surface area contributed by atoms with Gasteiger partial charge < -0.3 is 9.64 Å². The van der Waals surface area contributed by atoms with Crippen molar-refractivity contribution in [3.05, 3.63) is 94.6 Å². The minimum absolute atomic E-state index is 0.0603. The molecule has 0 atom stereocenters. The number of hydrogen-bond acceptors (Lipinski definition) is 5. The number of rotatable bonds is 4. The first-order chi connectivity index (χ1) is 16.0. The highest BCUT2D eigenvalue weighted by molar-refractivity contribution is 8.27. The van der Waals surface area contributed by atoms with Crippen molar-refractivity contribution in [1.29, 1.82) is 0 Å². The number of para-hydroxylation sites is 1. The van der Waals surface area contributed by atoms with Gasteiger partial charge in [0, 0.05) is 11.1 Å². The van der Waals surface area contributed by atoms with Crippen LogP contribution in [0.5, 0.6) is 5.75 Å². The Kier molecular flexibility index (Phi) is 5.47. The first-order valence-electron chi connectivity index (χ1n) is 10.1. The second kappa shape index (κ2) is 8.46. The molecule has 0 aliphatic carbocycles. The fourth-order valence-electron chi connectivity index (χ4n) is 3.93. The van der Waals surface area contributed by atoms with E-state index in [0.29, 0.717) is 32.6 Å². The maximum Gasteiger partial charge on any atom is 0.271 e. The summed E-state index contributed by atoms with van der Waals surface area (Å²) in [6.07, 6.45) is 0. The SMILES string of the molecule is COc1ccc(N2C(=O)C(=C3C(=O)N(Cc4ccccc4F)c4ccccc43)SC2=S)cc1. The average Bonchev–Trinajstić information content (AvgIpc) is 3.27. The molecule has 3 aromatic rings. The van der Waals surface area contributed by atoms with Crippen molar-refractivity contribution in [3.63, 3.8) is 0 Å². The number of carbonyl (C=O) groups is 2. The van der Waals surface area contributed by atoms with Crippen molar-refractivity contribution in [2.24, 2.45) is 0 Å². The van der Waals surface area contributed by atoms with Crippen LogP contribution in [0.4, 0.5) is 15.8 Å². The van der Waals surface area contributed by atoms with Crippen molar-refractivity contribution >= 4 is 57.1 Å². The number of carbonyl (C=O) groups excluding carboxylic acids is 2. The Labute approximate surface area is 199 Å². The Morgan fingerprint density at radius 1 is 0.939 bits per heavy atom. The van der Waals surface area contributed by atoms with Crippen LogP contribution >= 0.6 is 24.0 Å². The van der Waals surface area contributed by atoms with Gasteiger partial charge in [0.15, 0.2) is 4.32 Å². The zero-order chi connectivity index (χ0) is 23.1. The summed E-state index contributed by atoms with van der Waals surface area (Å²) in [7, 11) is 1.56. The monoisotopic (exact) mass is 476 g/mol. The summed E-state index contributed by atoms with van der Waals surface area (Å²) in [6.45, 7) is 0.0603. The van der Waals surface area contributed by atoms with Gasteiger partial charge in [-0.1, -0.05) is 60.4 Å². The van der Waals surface area contributed by atoms with Crippen LogP contribution in [0.15, 0.2) is 77.7 Å². The van der Waals surface area contributed by atoms with E-state index in [2.05, 4.69) is 0 Å². The molecular formula is C25H17FN2O3S2. The molecule has 0 saturated carbocycles. The molecule has 0 N–H and O–H groups in total. The van der Waals surface area contributed by atoms with Gasteiger partial charge in [-0.25, -0.2) is 4.39 Å². The minimum Gasteiger partial charge on any atom is -0.497 e. The highest BCUT2D eigenvalue weighted by atomic mass is 32.2. The van der Waals surface area contributed by atoms with Crippen LogP contribution in [0.2, 0.25) is 0 Å². The molecule has 0 radical (unpaired) electrons. The normalized spacial score (nSPS) is 17.7. The van der Waals surface area contributed by atoms with Gasteiger partial charge in [-0.3, -0.25) is 14.5 Å². The van der Waals surface area contributed by atoms with Crippen molar-refractivity contribution in [3.8, 4) is 5.75 Å². The fourth-order valence-corrected chi connectivity index (χ4v) is 5.30. The molecule has 2 aliphatic heterocycles. The second-order valence-electron chi connectivity index (χ2n) is 7.41. The highest BCUT2D eigenvalue weighted by Gasteiger charge is 2.42. The zero-order valence-corrected chi connectivity index (χ0v) is 19.1. The number of thioether (sulfide) groups is 1. The van der Waals surface area contributed by atoms with Gasteiger partial charge in [-0.2, -0.15) is 0 Å². The lowest BCUT2D eigenvalue weighted by Gasteiger charge is -2.17. The van der Waals surface area contributed by atoms with Gasteiger partial charge in [0.1, 0.15) is 11.6 Å². The second-order valence-corrected chi connectivity index (χ2v) is 9.05. The Morgan fingerprint density at radius 2 is 1.64 bits per heavy atom. The van der Waals surface area contributed by atoms with Crippen LogP contribution in [0.25, 0.3) is 5.57 Å². The molecule has 0 aromatic heterocycles. The predicted molar refractivity (Wildman–Crippen MR) is 132 cm³/mol. The zero-order valence-electron chi connectivity index (χ0n) is 17.4. The maximum absolute atomic E-state index is 14.3. The Morgan fingerprint density at radius 3 is 2.36 bits per heavy atom. The number of halogens is 1. The van der Waals surface area contributed by atoms with Gasteiger partial charge in [0.05, 0.1) is 35.5 Å². The topological polar surface area (TPSA) is 49.9 Å². The van der Waals surface area contributed by atoms with Crippen molar-refractivity contribution in [2.45, 2.75) is 6.54 Å². The van der Waals surface area contributed by atoms with E-state index in [-0.39, 0.29) is 34.7 Å². The molecule has 0 spiro atoms. The number of amides is 2. The first kappa shape index (κ1) is 21.4. The van der Waals surface area contributed by atoms with Crippen molar-refractivity contribution < 1.29 is 18.7 Å². The van der Waals surface area contributed by atoms with Crippen LogP contribution in [0.1, 0.15) is 11.1 Å². The van der Waals surface area contributed by atoms with E-state index in [4.69, 9.17) is 17.0 Å². The lowest BCUT2D eigenvalue weighted by atomic mass is 10.1. The number of anilines is 2. The largest absolute Gasteiger partial charge is 0.497 e. The predicted octanol–water partition coefficient (Wildman–Crippen LogP) is 5.16. The molecule has 2 heterocycles. The van der Waals surface area contributed by atoms with Crippen LogP contribution in [0, 0.1) is 5.82 Å². The van der Waals surface area contributed by atoms with Crippen LogP contribution in [-0.2, 0) is 16.1 Å². The molecule has 2 amide bonds. The number of hydrogen-bond donors (Lipinski definition) is 0. The summed E-state index contributed by atoms with van der Waals surface area (Å²) >= 11 is 6.59. The highest BCUT2D eigenvalue weighted by Crippen LogP contribution is 2.46. The van der Waals surface area contributed by atoms with Crippen LogP contribution in [-0.4, -0.2) is 23.2 Å². The van der Waals surface area contributed by atoms with E-state index in [0.717, 1.165) is 11.8 Å². The van der Waals surface area contributed by atoms with Gasteiger partial charge >= 0.3 is 0 Å². The summed E-state index contributed by atoms with van der Waals surface area (Å²) in [5, 5.41) is 0. The van der Waals surface area contributed by atoms with E-state index in [1.807, 2.05) is 12.1 Å². The number of nitrogens with zero attached hydrogens (tertiary/aromatic N) is 2. The molecule has 5 rings (SSSR count). The quantitative estimate of drug-likeness (QED) is 0.385. The van der Waals surface area contributed by atoms with E-state index in [1.165, 1.54) is 15.9 Å². The molecule has 164 valence electrons. The number of ether oxygens (including phenoxy) is 1. The number of methoxy groups -OCH3 is 1. The van der Waals surface area contributed by atoms with Crippen molar-refractivity contribution in [1.82, 2.24) is 0 Å². The first-order valence-corrected chi connectivity index (χ1v) is 11.3. The smallest absolute Gasteiger partial charge is 0.271 e. The van der Waals surface area contributed by atoms with Gasteiger partial charge in [0.25, 0.3) is 11.8 Å². The fraction of sp³-hybridized carbons (Fsp3) is 0.0800. The maximum atomic E-state index is 14.3. The van der Waals surface area contributed by atoms with Gasteiger partial charge in [-0.05, 0) is 36.4 Å². The molecule has 0 unspecified atom stereocenters. The third-order valence-corrected chi connectivity index (χ3v) is 6.91. The van der Waals surface area contributed by atoms with Crippen LogP contribution < -0.4 is 14.5 Å². The summed E-state index contributed by atoms with van der Waals surface area (Å²) in [5.74, 6) is -0.441. The molecule has 3 aromatic carbocycles. The molecule has 1 saturated heterocycles. The van der Waals surface area contributed by atoms with Gasteiger partial charge in [0.2, 0.25) is 0 Å². The number of thiocarbonyl (C=S) groups is 1. The molecule has 8 heteroatoms. The summed E-state index contributed by atoms with van der Waals surface area (Å²) < 4.78 is 19.8. The molecule has 33 heavy (non-hydrogen) atoms. The Balaban J connectivity index is 1.56. The molecule has 0 bridgehead atoms. The minimum atomic E-state index is -0.387. The lowest BCUT2D eigenvalue weighted by Crippen LogP contribution is -2.29. The Hall–Kier alpha value is -3.49. The molecule has 5 nitrogen and oxygen atoms in total. The molecule has 1 fully saturated rings. The van der Waals surface area contributed by atoms with E-state index < -0.39 is 0 Å². The van der Waals surface area contributed by atoms with Crippen molar-refractivity contribution in [2.75, 3.05) is 16.9 Å². The molecule has 2 aliphatic rings. The van der Waals surface area contributed by atoms with Crippen LogP contribution in [0.3, 0.4) is 0 Å². The molecular weight excluding hydrogens is 459 g/mol. The third-order valence-electron chi connectivity index (χ3n) is 5.54. The standard InChI is InChI=1S/C25H17FN2O3S2/c1-31-17-12-10-16(11-13-17)28-24(30)22(33-25(28)32)21-18-7-3-5-9-20(18)27(23(21)29)14-15-6-2-4-8-19(15)26/h2-13H,14H2,1H3. The third kappa shape index (κ3) is 3.61. The Bertz CT molecular complexity index is 1340. The summed E-state index contributed by atoms with van der Waals surface area (Å²) in [4.78, 5) is 30.2. The van der Waals surface area contributed by atoms with E-state index >= 15 is 0 Å². The number of benzene rings is 3. The van der Waals surface area contributed by atoms with E-state index in [1.54, 1.807) is 61.7 Å². The number of fused-ring (bicyclic) bond motifs is 1. The van der Waals surface area contributed by atoms with Gasteiger partial charge in [-0.15, -0.1) is 0 Å².